The molecular formula is C14H19N3O3. The van der Waals surface area contributed by atoms with Crippen LogP contribution >= 0.6 is 0 Å². The summed E-state index contributed by atoms with van der Waals surface area (Å²) in [5.74, 6) is -1.02. The monoisotopic (exact) mass is 277 g/mol. The van der Waals surface area contributed by atoms with Gasteiger partial charge in [-0.15, -0.1) is 0 Å². The van der Waals surface area contributed by atoms with E-state index in [2.05, 4.69) is 5.32 Å². The maximum absolute atomic E-state index is 11.9. The van der Waals surface area contributed by atoms with E-state index in [9.17, 15) is 14.7 Å². The second kappa shape index (κ2) is 5.03. The lowest BCUT2D eigenvalue weighted by molar-refractivity contribution is -0.128. The first kappa shape index (κ1) is 14.2. The highest BCUT2D eigenvalue weighted by Crippen LogP contribution is 2.35. The fourth-order valence-electron chi connectivity index (χ4n) is 2.64. The number of hydrogen-bond acceptors (Lipinski definition) is 4. The molecule has 1 aromatic carbocycles. The van der Waals surface area contributed by atoms with Crippen LogP contribution in [0.25, 0.3) is 0 Å². The van der Waals surface area contributed by atoms with E-state index in [-0.39, 0.29) is 11.5 Å². The fourth-order valence-corrected chi connectivity index (χ4v) is 2.64. The number of anilines is 2. The van der Waals surface area contributed by atoms with Crippen LogP contribution in [0, 0.1) is 5.41 Å². The van der Waals surface area contributed by atoms with Gasteiger partial charge in [0.05, 0.1) is 16.7 Å². The number of rotatable bonds is 3. The minimum absolute atomic E-state index is 0.0271. The number of aromatic carboxylic acids is 1. The Morgan fingerprint density at radius 2 is 2.15 bits per heavy atom. The zero-order chi connectivity index (χ0) is 14.9. The van der Waals surface area contributed by atoms with E-state index >= 15 is 0 Å². The summed E-state index contributed by atoms with van der Waals surface area (Å²) in [5.41, 5.74) is 6.54. The molecule has 108 valence electrons. The van der Waals surface area contributed by atoms with Crippen LogP contribution in [-0.2, 0) is 4.79 Å². The number of nitrogens with zero attached hydrogens (tertiary/aromatic N) is 1. The van der Waals surface area contributed by atoms with Crippen LogP contribution in [0.2, 0.25) is 0 Å². The lowest BCUT2D eigenvalue weighted by Crippen LogP contribution is -2.39. The zero-order valence-corrected chi connectivity index (χ0v) is 11.6. The number of carboxylic acids is 1. The van der Waals surface area contributed by atoms with E-state index in [1.807, 2.05) is 11.8 Å². The number of hydrogen-bond donors (Lipinski definition) is 3. The van der Waals surface area contributed by atoms with Crippen LogP contribution in [0.15, 0.2) is 18.2 Å². The Hall–Kier alpha value is -2.24. The molecule has 1 amide bonds. The van der Waals surface area contributed by atoms with E-state index in [1.54, 1.807) is 19.2 Å². The molecule has 20 heavy (non-hydrogen) atoms. The Morgan fingerprint density at radius 1 is 1.45 bits per heavy atom. The topological polar surface area (TPSA) is 95.7 Å². The first-order valence-corrected chi connectivity index (χ1v) is 6.47. The number of amides is 1. The molecule has 1 fully saturated rings. The number of carbonyl (C=O) groups is 2. The summed E-state index contributed by atoms with van der Waals surface area (Å²) in [6, 6.07) is 4.72. The van der Waals surface area contributed by atoms with Crippen LogP contribution in [0.1, 0.15) is 23.7 Å². The lowest BCUT2D eigenvalue weighted by Gasteiger charge is -2.25. The lowest BCUT2D eigenvalue weighted by atomic mass is 9.89. The number of nitrogen functional groups attached to an aromatic ring is 1. The number of carboxylic acid groups (broad SMARTS) is 1. The standard InChI is InChI=1S/C14H19N3O3/c1-14(13(20)16-2)5-6-17(8-14)11-7-9(15)3-4-10(11)12(18)19/h3-4,7H,5-6,8,15H2,1-2H3,(H,16,20)(H,18,19). The van der Waals surface area contributed by atoms with E-state index in [0.717, 1.165) is 0 Å². The molecule has 0 radical (unpaired) electrons. The number of benzene rings is 1. The van der Waals surface area contributed by atoms with Crippen molar-refractivity contribution in [1.82, 2.24) is 5.32 Å². The molecule has 1 saturated heterocycles. The molecular weight excluding hydrogens is 258 g/mol. The molecule has 4 N–H and O–H groups in total. The van der Waals surface area contributed by atoms with Crippen LogP contribution < -0.4 is 16.0 Å². The van der Waals surface area contributed by atoms with Crippen molar-refractivity contribution in [1.29, 1.82) is 0 Å². The van der Waals surface area contributed by atoms with Gasteiger partial charge < -0.3 is 21.1 Å². The summed E-state index contributed by atoms with van der Waals surface area (Å²) in [4.78, 5) is 25.1. The largest absolute Gasteiger partial charge is 0.478 e. The predicted molar refractivity (Wildman–Crippen MR) is 76.8 cm³/mol. The van der Waals surface area contributed by atoms with Crippen molar-refractivity contribution in [2.75, 3.05) is 30.8 Å². The number of carbonyl (C=O) groups excluding carboxylic acids is 1. The van der Waals surface area contributed by atoms with Crippen molar-refractivity contribution in [3.63, 3.8) is 0 Å². The van der Waals surface area contributed by atoms with E-state index in [0.29, 0.717) is 30.9 Å². The Bertz CT molecular complexity index is 559. The minimum atomic E-state index is -0.992. The Morgan fingerprint density at radius 3 is 2.75 bits per heavy atom. The summed E-state index contributed by atoms with van der Waals surface area (Å²) >= 11 is 0. The van der Waals surface area contributed by atoms with Crippen molar-refractivity contribution >= 4 is 23.3 Å². The summed E-state index contributed by atoms with van der Waals surface area (Å²) in [6.45, 7) is 3.00. The van der Waals surface area contributed by atoms with Crippen molar-refractivity contribution < 1.29 is 14.7 Å². The summed E-state index contributed by atoms with van der Waals surface area (Å²) in [6.07, 6.45) is 0.681. The van der Waals surface area contributed by atoms with Crippen LogP contribution in [-0.4, -0.2) is 37.1 Å². The van der Waals surface area contributed by atoms with Crippen molar-refractivity contribution in [2.45, 2.75) is 13.3 Å². The third kappa shape index (κ3) is 2.41. The smallest absolute Gasteiger partial charge is 0.337 e. The highest BCUT2D eigenvalue weighted by atomic mass is 16.4. The van der Waals surface area contributed by atoms with E-state index in [4.69, 9.17) is 5.73 Å². The minimum Gasteiger partial charge on any atom is -0.478 e. The van der Waals surface area contributed by atoms with Gasteiger partial charge in [0, 0.05) is 25.8 Å². The molecule has 0 aliphatic carbocycles. The number of nitrogens with two attached hydrogens (primary N) is 1. The van der Waals surface area contributed by atoms with Crippen LogP contribution in [0.5, 0.6) is 0 Å². The third-order valence-electron chi connectivity index (χ3n) is 3.84. The Balaban J connectivity index is 2.33. The molecule has 1 aliphatic heterocycles. The quantitative estimate of drug-likeness (QED) is 0.714. The van der Waals surface area contributed by atoms with Gasteiger partial charge in [-0.3, -0.25) is 4.79 Å². The fraction of sp³-hybridized carbons (Fsp3) is 0.429. The Labute approximate surface area is 117 Å². The average molecular weight is 277 g/mol. The third-order valence-corrected chi connectivity index (χ3v) is 3.84. The van der Waals surface area contributed by atoms with Gasteiger partial charge in [0.2, 0.25) is 5.91 Å². The molecule has 6 nitrogen and oxygen atoms in total. The average Bonchev–Trinajstić information content (AvgIpc) is 2.81. The van der Waals surface area contributed by atoms with Gasteiger partial charge in [-0.25, -0.2) is 4.79 Å². The predicted octanol–water partition coefficient (Wildman–Crippen LogP) is 0.929. The molecule has 1 unspecified atom stereocenters. The molecule has 0 aromatic heterocycles. The van der Waals surface area contributed by atoms with Crippen LogP contribution in [0.4, 0.5) is 11.4 Å². The van der Waals surface area contributed by atoms with Crippen LogP contribution in [0.3, 0.4) is 0 Å². The summed E-state index contributed by atoms with van der Waals surface area (Å²) in [7, 11) is 1.61. The molecule has 1 atom stereocenters. The molecule has 2 rings (SSSR count). The molecule has 1 heterocycles. The van der Waals surface area contributed by atoms with Crippen molar-refractivity contribution in [3.8, 4) is 0 Å². The molecule has 0 bridgehead atoms. The highest BCUT2D eigenvalue weighted by molar-refractivity contribution is 5.95. The van der Waals surface area contributed by atoms with Gasteiger partial charge in [0.15, 0.2) is 0 Å². The zero-order valence-electron chi connectivity index (χ0n) is 11.6. The second-order valence-electron chi connectivity index (χ2n) is 5.39. The molecule has 6 heteroatoms. The Kier molecular flexibility index (Phi) is 3.57. The first-order valence-electron chi connectivity index (χ1n) is 6.47. The highest BCUT2D eigenvalue weighted by Gasteiger charge is 2.40. The molecule has 1 aromatic rings. The van der Waals surface area contributed by atoms with Crippen molar-refractivity contribution in [3.05, 3.63) is 23.8 Å². The van der Waals surface area contributed by atoms with Gasteiger partial charge >= 0.3 is 5.97 Å². The van der Waals surface area contributed by atoms with Gasteiger partial charge in [0.25, 0.3) is 0 Å². The van der Waals surface area contributed by atoms with E-state index < -0.39 is 11.4 Å². The molecule has 0 saturated carbocycles. The number of nitrogens with one attached hydrogen (secondary N) is 1. The first-order chi connectivity index (χ1) is 9.37. The summed E-state index contributed by atoms with van der Waals surface area (Å²) < 4.78 is 0. The molecule has 1 aliphatic rings. The maximum Gasteiger partial charge on any atom is 0.337 e. The second-order valence-corrected chi connectivity index (χ2v) is 5.39. The van der Waals surface area contributed by atoms with Gasteiger partial charge in [0.1, 0.15) is 0 Å². The van der Waals surface area contributed by atoms with E-state index in [1.165, 1.54) is 6.07 Å². The normalized spacial score (nSPS) is 21.8. The summed E-state index contributed by atoms with van der Waals surface area (Å²) in [5, 5.41) is 11.9. The van der Waals surface area contributed by atoms with Crippen molar-refractivity contribution in [2.24, 2.45) is 5.41 Å². The maximum atomic E-state index is 11.9. The SMILES string of the molecule is CNC(=O)C1(C)CCN(c2cc(N)ccc2C(=O)O)C1. The molecule has 0 spiro atoms. The van der Waals surface area contributed by atoms with Gasteiger partial charge in [-0.2, -0.15) is 0 Å². The van der Waals surface area contributed by atoms with Gasteiger partial charge in [-0.05, 0) is 31.5 Å². The van der Waals surface area contributed by atoms with Gasteiger partial charge in [-0.1, -0.05) is 0 Å².